The molecule has 10 heavy (non-hydrogen) atoms. The molecule has 0 aromatic heterocycles. The van der Waals surface area contributed by atoms with Crippen LogP contribution in [0.5, 0.6) is 0 Å². The number of rotatable bonds is 4. The highest BCUT2D eigenvalue weighted by Crippen LogP contribution is 2.13. The van der Waals surface area contributed by atoms with E-state index in [1.165, 1.54) is 7.11 Å². The minimum absolute atomic E-state index is 0.232. The Hall–Kier alpha value is -0.120. The first kappa shape index (κ1) is 9.88. The molecule has 0 aliphatic rings. The molecule has 0 amide bonds. The molecule has 0 radical (unpaired) electrons. The molecule has 0 saturated carbocycles. The quantitative estimate of drug-likeness (QED) is 0.570. The Bertz CT molecular complexity index is 91.6. The molecule has 0 spiro atoms. The fourth-order valence-electron chi connectivity index (χ4n) is 0.422. The second-order valence-electron chi connectivity index (χ2n) is 3.04. The normalized spacial score (nSPS) is 17.4. The van der Waals surface area contributed by atoms with Crippen LogP contribution in [0.2, 0.25) is 0 Å². The van der Waals surface area contributed by atoms with Gasteiger partial charge in [0.15, 0.2) is 0 Å². The molecule has 0 aromatic rings. The smallest absolute Gasteiger partial charge is 0.0789 e. The summed E-state index contributed by atoms with van der Waals surface area (Å²) >= 11 is 0. The minimum atomic E-state index is -0.685. The lowest BCUT2D eigenvalue weighted by atomic mass is 9.93. The highest BCUT2D eigenvalue weighted by Gasteiger charge is 2.23. The Morgan fingerprint density at radius 2 is 2.10 bits per heavy atom. The largest absolute Gasteiger partial charge is 0.388 e. The maximum Gasteiger partial charge on any atom is 0.0789 e. The van der Waals surface area contributed by atoms with E-state index >= 15 is 0 Å². The van der Waals surface area contributed by atoms with Gasteiger partial charge in [0.1, 0.15) is 0 Å². The predicted molar refractivity (Wildman–Crippen MR) is 40.5 cm³/mol. The van der Waals surface area contributed by atoms with Gasteiger partial charge in [-0.1, -0.05) is 13.8 Å². The molecule has 1 atom stereocenters. The summed E-state index contributed by atoms with van der Waals surface area (Å²) in [4.78, 5) is 4.62. The van der Waals surface area contributed by atoms with Crippen molar-refractivity contribution >= 4 is 0 Å². The molecule has 0 heterocycles. The van der Waals surface area contributed by atoms with Crippen molar-refractivity contribution in [3.8, 4) is 0 Å². The molecule has 3 nitrogen and oxygen atoms in total. The molecule has 0 aromatic carbocycles. The lowest BCUT2D eigenvalue weighted by molar-refractivity contribution is -0.0310. The second kappa shape index (κ2) is 3.91. The van der Waals surface area contributed by atoms with E-state index in [2.05, 4.69) is 10.3 Å². The average molecular weight is 147 g/mol. The summed E-state index contributed by atoms with van der Waals surface area (Å²) in [6.45, 7) is 6.18. The van der Waals surface area contributed by atoms with E-state index in [1.54, 1.807) is 6.92 Å². The van der Waals surface area contributed by atoms with Crippen molar-refractivity contribution in [2.24, 2.45) is 5.92 Å². The third-order valence-electron chi connectivity index (χ3n) is 1.82. The van der Waals surface area contributed by atoms with Gasteiger partial charge in [-0.2, -0.15) is 0 Å². The Morgan fingerprint density at radius 1 is 1.60 bits per heavy atom. The van der Waals surface area contributed by atoms with E-state index in [0.29, 0.717) is 6.54 Å². The molecule has 3 heteroatoms. The minimum Gasteiger partial charge on any atom is -0.388 e. The third kappa shape index (κ3) is 3.15. The van der Waals surface area contributed by atoms with E-state index in [1.807, 2.05) is 13.8 Å². The predicted octanol–water partition coefficient (Wildman–Crippen LogP) is 0.544. The first-order valence-electron chi connectivity index (χ1n) is 3.49. The zero-order valence-electron chi connectivity index (χ0n) is 7.14. The summed E-state index contributed by atoms with van der Waals surface area (Å²) in [6, 6.07) is 0. The first-order chi connectivity index (χ1) is 4.50. The maximum atomic E-state index is 9.58. The van der Waals surface area contributed by atoms with Crippen LogP contribution in [-0.2, 0) is 4.84 Å². The third-order valence-corrected chi connectivity index (χ3v) is 1.82. The fraction of sp³-hybridized carbons (Fsp3) is 1.00. The molecule has 0 fully saturated rings. The SMILES string of the molecule is CONCC(C)(O)C(C)C. The van der Waals surface area contributed by atoms with E-state index in [9.17, 15) is 5.11 Å². The monoisotopic (exact) mass is 147 g/mol. The summed E-state index contributed by atoms with van der Waals surface area (Å²) in [5.41, 5.74) is 1.94. The van der Waals surface area contributed by atoms with Gasteiger partial charge in [0.05, 0.1) is 12.7 Å². The standard InChI is InChI=1S/C7H17NO2/c1-6(2)7(3,9)5-8-10-4/h6,8-9H,5H2,1-4H3. The molecule has 1 unspecified atom stereocenters. The lowest BCUT2D eigenvalue weighted by Crippen LogP contribution is -2.41. The van der Waals surface area contributed by atoms with Crippen LogP contribution in [0.3, 0.4) is 0 Å². The van der Waals surface area contributed by atoms with Crippen LogP contribution in [-0.4, -0.2) is 24.4 Å². The summed E-state index contributed by atoms with van der Waals surface area (Å²) in [5.74, 6) is 0.232. The molecule has 2 N–H and O–H groups in total. The Kier molecular flexibility index (Phi) is 3.86. The van der Waals surface area contributed by atoms with Gasteiger partial charge in [0.2, 0.25) is 0 Å². The average Bonchev–Trinajstić information content (AvgIpc) is 1.84. The topological polar surface area (TPSA) is 41.5 Å². The van der Waals surface area contributed by atoms with Crippen molar-refractivity contribution in [2.45, 2.75) is 26.4 Å². The molecule has 0 aliphatic carbocycles. The molecule has 0 saturated heterocycles. The lowest BCUT2D eigenvalue weighted by Gasteiger charge is -2.27. The Morgan fingerprint density at radius 3 is 2.40 bits per heavy atom. The van der Waals surface area contributed by atoms with Crippen molar-refractivity contribution in [3.05, 3.63) is 0 Å². The van der Waals surface area contributed by atoms with Crippen molar-refractivity contribution in [1.29, 1.82) is 0 Å². The number of hydroxylamine groups is 1. The van der Waals surface area contributed by atoms with Gasteiger partial charge in [-0.3, -0.25) is 0 Å². The van der Waals surface area contributed by atoms with Crippen molar-refractivity contribution in [1.82, 2.24) is 5.48 Å². The molecule has 0 bridgehead atoms. The van der Waals surface area contributed by atoms with Gasteiger partial charge < -0.3 is 9.94 Å². The zero-order valence-corrected chi connectivity index (χ0v) is 7.14. The van der Waals surface area contributed by atoms with Gasteiger partial charge in [-0.15, -0.1) is 0 Å². The first-order valence-corrected chi connectivity index (χ1v) is 3.49. The summed E-state index contributed by atoms with van der Waals surface area (Å²) in [6.07, 6.45) is 0. The van der Waals surface area contributed by atoms with Crippen LogP contribution in [0.1, 0.15) is 20.8 Å². The molecule has 0 rings (SSSR count). The van der Waals surface area contributed by atoms with Crippen LogP contribution < -0.4 is 5.48 Å². The number of nitrogens with one attached hydrogen (secondary N) is 1. The van der Waals surface area contributed by atoms with E-state index in [4.69, 9.17) is 0 Å². The van der Waals surface area contributed by atoms with Gasteiger partial charge in [0.25, 0.3) is 0 Å². The summed E-state index contributed by atoms with van der Waals surface area (Å²) < 4.78 is 0. The Balaban J connectivity index is 3.63. The van der Waals surface area contributed by atoms with Gasteiger partial charge in [0, 0.05) is 6.54 Å². The van der Waals surface area contributed by atoms with Crippen LogP contribution in [0.4, 0.5) is 0 Å². The van der Waals surface area contributed by atoms with Crippen LogP contribution in [0.25, 0.3) is 0 Å². The molecular formula is C7H17NO2. The Labute approximate surface area is 62.3 Å². The number of aliphatic hydroxyl groups is 1. The maximum absolute atomic E-state index is 9.58. The van der Waals surface area contributed by atoms with E-state index in [-0.39, 0.29) is 5.92 Å². The van der Waals surface area contributed by atoms with E-state index in [0.717, 1.165) is 0 Å². The highest BCUT2D eigenvalue weighted by molar-refractivity contribution is 4.76. The molecule has 62 valence electrons. The second-order valence-corrected chi connectivity index (χ2v) is 3.04. The van der Waals surface area contributed by atoms with Crippen molar-refractivity contribution in [2.75, 3.05) is 13.7 Å². The number of hydrogen-bond donors (Lipinski definition) is 2. The van der Waals surface area contributed by atoms with Crippen LogP contribution >= 0.6 is 0 Å². The van der Waals surface area contributed by atoms with E-state index < -0.39 is 5.60 Å². The van der Waals surface area contributed by atoms with Crippen molar-refractivity contribution < 1.29 is 9.94 Å². The fourth-order valence-corrected chi connectivity index (χ4v) is 0.422. The van der Waals surface area contributed by atoms with Crippen molar-refractivity contribution in [3.63, 3.8) is 0 Å². The van der Waals surface area contributed by atoms with Crippen LogP contribution in [0.15, 0.2) is 0 Å². The molecule has 0 aliphatic heterocycles. The molecular weight excluding hydrogens is 130 g/mol. The summed E-state index contributed by atoms with van der Waals surface area (Å²) in [5, 5.41) is 9.58. The van der Waals surface area contributed by atoms with Crippen LogP contribution in [0, 0.1) is 5.92 Å². The van der Waals surface area contributed by atoms with Gasteiger partial charge in [-0.25, -0.2) is 5.48 Å². The van der Waals surface area contributed by atoms with Gasteiger partial charge >= 0.3 is 0 Å². The highest BCUT2D eigenvalue weighted by atomic mass is 16.6. The zero-order chi connectivity index (χ0) is 8.20. The van der Waals surface area contributed by atoms with Gasteiger partial charge in [-0.05, 0) is 12.8 Å². The number of hydrogen-bond acceptors (Lipinski definition) is 3. The summed E-state index contributed by atoms with van der Waals surface area (Å²) in [7, 11) is 1.54.